The first-order chi connectivity index (χ1) is 7.04. The fourth-order valence-corrected chi connectivity index (χ4v) is 2.84. The highest BCUT2D eigenvalue weighted by atomic mass is 16.5. The molecule has 1 saturated carbocycles. The summed E-state index contributed by atoms with van der Waals surface area (Å²) < 4.78 is 5.15. The Morgan fingerprint density at radius 2 is 1.87 bits per heavy atom. The average molecular weight is 210 g/mol. The van der Waals surface area contributed by atoms with Crippen LogP contribution in [0.4, 0.5) is 0 Å². The second-order valence-electron chi connectivity index (χ2n) is 5.03. The first kappa shape index (κ1) is 12.3. The van der Waals surface area contributed by atoms with E-state index in [2.05, 4.69) is 27.4 Å². The van der Waals surface area contributed by atoms with Crippen molar-refractivity contribution in [3.8, 4) is 0 Å². The lowest BCUT2D eigenvalue weighted by molar-refractivity contribution is -0.140. The molecule has 2 nitrogen and oxygen atoms in total. The molecular weight excluding hydrogens is 188 g/mol. The lowest BCUT2D eigenvalue weighted by atomic mass is 9.70. The van der Waals surface area contributed by atoms with E-state index in [1.165, 1.54) is 18.9 Å². The van der Waals surface area contributed by atoms with Crippen molar-refractivity contribution in [1.29, 1.82) is 0 Å². The Labute approximate surface area is 92.7 Å². The minimum absolute atomic E-state index is 0.298. The van der Waals surface area contributed by atoms with E-state index in [9.17, 15) is 4.79 Å². The zero-order valence-corrected chi connectivity index (χ0v) is 10.0. The smallest absolute Gasteiger partial charge is 0.330 e. The highest BCUT2D eigenvalue weighted by Gasteiger charge is 2.31. The van der Waals surface area contributed by atoms with Gasteiger partial charge in [0.25, 0.3) is 0 Å². The van der Waals surface area contributed by atoms with Gasteiger partial charge in [-0.2, -0.15) is 0 Å². The van der Waals surface area contributed by atoms with Gasteiger partial charge in [0.2, 0.25) is 0 Å². The number of esters is 1. The van der Waals surface area contributed by atoms with E-state index < -0.39 is 0 Å². The molecule has 2 heteroatoms. The predicted molar refractivity (Wildman–Crippen MR) is 61.4 cm³/mol. The predicted octanol–water partition coefficient (Wildman–Crippen LogP) is 3.03. The molecule has 0 N–H and O–H groups in total. The van der Waals surface area contributed by atoms with Gasteiger partial charge in [0, 0.05) is 6.08 Å². The molecule has 1 fully saturated rings. The van der Waals surface area contributed by atoms with Crippen molar-refractivity contribution in [2.45, 2.75) is 33.6 Å². The molecule has 1 aliphatic rings. The highest BCUT2D eigenvalue weighted by Crippen LogP contribution is 2.37. The Morgan fingerprint density at radius 3 is 2.33 bits per heavy atom. The van der Waals surface area contributed by atoms with Crippen LogP contribution in [0.1, 0.15) is 33.6 Å². The maximum absolute atomic E-state index is 11.0. The van der Waals surface area contributed by atoms with Crippen molar-refractivity contribution in [2.75, 3.05) is 6.61 Å². The quantitative estimate of drug-likeness (QED) is 0.528. The second-order valence-corrected chi connectivity index (χ2v) is 5.03. The zero-order valence-electron chi connectivity index (χ0n) is 10.0. The molecule has 0 aromatic heterocycles. The maximum atomic E-state index is 11.0. The molecule has 1 aliphatic carbocycles. The highest BCUT2D eigenvalue weighted by molar-refractivity contribution is 5.81. The molecule has 0 aliphatic heterocycles. The van der Waals surface area contributed by atoms with Crippen LogP contribution in [-0.2, 0) is 9.53 Å². The minimum atomic E-state index is -0.298. The zero-order chi connectivity index (χ0) is 11.4. The van der Waals surface area contributed by atoms with E-state index in [0.29, 0.717) is 24.4 Å². The van der Waals surface area contributed by atoms with E-state index in [1.807, 2.05) is 0 Å². The molecule has 2 unspecified atom stereocenters. The van der Waals surface area contributed by atoms with E-state index >= 15 is 0 Å². The summed E-state index contributed by atoms with van der Waals surface area (Å²) in [6.45, 7) is 10.8. The minimum Gasteiger partial charge on any atom is -0.462 e. The summed E-state index contributed by atoms with van der Waals surface area (Å²) in [5, 5.41) is 0. The summed E-state index contributed by atoms with van der Waals surface area (Å²) in [7, 11) is 0. The van der Waals surface area contributed by atoms with Gasteiger partial charge in [-0.1, -0.05) is 27.4 Å². The van der Waals surface area contributed by atoms with Crippen LogP contribution < -0.4 is 0 Å². The Kier molecular flexibility index (Phi) is 4.37. The van der Waals surface area contributed by atoms with Crippen molar-refractivity contribution >= 4 is 5.97 Å². The standard InChI is InChI=1S/C13H22O2/c1-5-13(14)15-8-12-10(3)6-9(2)7-11(12)4/h5,9-12H,1,6-8H2,2-4H3. The number of carbonyl (C=O) groups excluding carboxylic acids is 1. The summed E-state index contributed by atoms with van der Waals surface area (Å²) >= 11 is 0. The fraction of sp³-hybridized carbons (Fsp3) is 0.769. The van der Waals surface area contributed by atoms with Crippen molar-refractivity contribution < 1.29 is 9.53 Å². The average Bonchev–Trinajstić information content (AvgIpc) is 2.15. The molecule has 15 heavy (non-hydrogen) atoms. The van der Waals surface area contributed by atoms with Gasteiger partial charge < -0.3 is 4.74 Å². The Balaban J connectivity index is 2.45. The SMILES string of the molecule is C=CC(=O)OCC1C(C)CC(C)CC1C. The molecule has 0 bridgehead atoms. The lowest BCUT2D eigenvalue weighted by Gasteiger charge is -2.37. The molecule has 0 amide bonds. The third-order valence-electron chi connectivity index (χ3n) is 3.59. The third kappa shape index (κ3) is 3.37. The normalized spacial score (nSPS) is 35.9. The van der Waals surface area contributed by atoms with E-state index in [1.54, 1.807) is 0 Å². The number of hydrogen-bond donors (Lipinski definition) is 0. The Morgan fingerprint density at radius 1 is 1.33 bits per heavy atom. The van der Waals surface area contributed by atoms with Crippen LogP contribution in [0.3, 0.4) is 0 Å². The summed E-state index contributed by atoms with van der Waals surface area (Å²) in [5.41, 5.74) is 0. The van der Waals surface area contributed by atoms with E-state index in [-0.39, 0.29) is 5.97 Å². The van der Waals surface area contributed by atoms with E-state index in [4.69, 9.17) is 4.74 Å². The Hall–Kier alpha value is -0.790. The van der Waals surface area contributed by atoms with Gasteiger partial charge >= 0.3 is 5.97 Å². The molecule has 0 aromatic rings. The van der Waals surface area contributed by atoms with Gasteiger partial charge in [0.1, 0.15) is 0 Å². The monoisotopic (exact) mass is 210 g/mol. The van der Waals surface area contributed by atoms with Gasteiger partial charge in [-0.05, 0) is 36.5 Å². The topological polar surface area (TPSA) is 26.3 Å². The molecule has 0 spiro atoms. The van der Waals surface area contributed by atoms with Crippen LogP contribution in [-0.4, -0.2) is 12.6 Å². The van der Waals surface area contributed by atoms with Crippen LogP contribution >= 0.6 is 0 Å². The van der Waals surface area contributed by atoms with Crippen molar-refractivity contribution in [2.24, 2.45) is 23.7 Å². The number of hydrogen-bond acceptors (Lipinski definition) is 2. The van der Waals surface area contributed by atoms with Crippen LogP contribution in [0, 0.1) is 23.7 Å². The molecular formula is C13H22O2. The summed E-state index contributed by atoms with van der Waals surface area (Å²) in [5.74, 6) is 2.34. The summed E-state index contributed by atoms with van der Waals surface area (Å²) in [6, 6.07) is 0. The molecule has 0 saturated heterocycles. The molecule has 0 aromatic carbocycles. The van der Waals surface area contributed by atoms with Crippen molar-refractivity contribution in [3.05, 3.63) is 12.7 Å². The van der Waals surface area contributed by atoms with Crippen molar-refractivity contribution in [1.82, 2.24) is 0 Å². The molecule has 86 valence electrons. The third-order valence-corrected chi connectivity index (χ3v) is 3.59. The summed E-state index contributed by atoms with van der Waals surface area (Å²) in [4.78, 5) is 11.0. The van der Waals surface area contributed by atoms with E-state index in [0.717, 1.165) is 5.92 Å². The molecule has 2 atom stereocenters. The van der Waals surface area contributed by atoms with Gasteiger partial charge in [0.15, 0.2) is 0 Å². The van der Waals surface area contributed by atoms with Crippen LogP contribution in [0.15, 0.2) is 12.7 Å². The lowest BCUT2D eigenvalue weighted by Crippen LogP contribution is -2.32. The number of carbonyl (C=O) groups is 1. The van der Waals surface area contributed by atoms with Crippen LogP contribution in [0.25, 0.3) is 0 Å². The molecule has 1 rings (SSSR count). The van der Waals surface area contributed by atoms with Crippen LogP contribution in [0.2, 0.25) is 0 Å². The van der Waals surface area contributed by atoms with Gasteiger partial charge in [-0.25, -0.2) is 4.79 Å². The molecule has 0 radical (unpaired) electrons. The van der Waals surface area contributed by atoms with Gasteiger partial charge in [-0.15, -0.1) is 0 Å². The summed E-state index contributed by atoms with van der Waals surface area (Å²) in [6.07, 6.45) is 3.74. The largest absolute Gasteiger partial charge is 0.462 e. The number of rotatable bonds is 3. The molecule has 0 heterocycles. The van der Waals surface area contributed by atoms with Gasteiger partial charge in [-0.3, -0.25) is 0 Å². The Bertz CT molecular complexity index is 223. The van der Waals surface area contributed by atoms with Crippen LogP contribution in [0.5, 0.6) is 0 Å². The first-order valence-electron chi connectivity index (χ1n) is 5.83. The van der Waals surface area contributed by atoms with Gasteiger partial charge in [0.05, 0.1) is 6.61 Å². The van der Waals surface area contributed by atoms with Crippen molar-refractivity contribution in [3.63, 3.8) is 0 Å². The number of ether oxygens (including phenoxy) is 1. The second kappa shape index (κ2) is 5.34. The fourth-order valence-electron chi connectivity index (χ4n) is 2.84. The maximum Gasteiger partial charge on any atom is 0.330 e. The first-order valence-corrected chi connectivity index (χ1v) is 5.83.